The van der Waals surface area contributed by atoms with E-state index < -0.39 is 53.4 Å². The maximum atomic E-state index is 13.6. The SMILES string of the molecule is COC(=O)[C@H]1[C@H]2C(=O)N3[C@H](c4ccco4)[C@H](C)C(=O)[C@@H](C)[C@H]3[C@@]23C=C[C@H]1O3. The lowest BCUT2D eigenvalue weighted by atomic mass is 9.69. The van der Waals surface area contributed by atoms with Crippen molar-refractivity contribution in [1.82, 2.24) is 4.90 Å². The van der Waals surface area contributed by atoms with Crippen LogP contribution in [-0.4, -0.2) is 47.4 Å². The van der Waals surface area contributed by atoms with E-state index in [-0.39, 0.29) is 11.7 Å². The molecule has 8 atom stereocenters. The summed E-state index contributed by atoms with van der Waals surface area (Å²) in [6.45, 7) is 3.67. The van der Waals surface area contributed by atoms with Gasteiger partial charge in [-0.05, 0) is 12.1 Å². The van der Waals surface area contributed by atoms with Gasteiger partial charge in [0.2, 0.25) is 5.91 Å². The molecule has 7 nitrogen and oxygen atoms in total. The Bertz CT molecular complexity index is 860. The second-order valence-corrected chi connectivity index (χ2v) is 7.95. The van der Waals surface area contributed by atoms with E-state index in [1.54, 1.807) is 23.3 Å². The standard InChI is InChI=1S/C20H21NO6/c1-9-15(12-5-4-8-26-12)21-17(10(2)16(9)22)20-7-6-11(27-20)13(19(24)25-3)14(20)18(21)23/h4-11,13-15,17H,1-3H3/t9-,10+,11+,13+,14-,15-,17-,20+/m0/s1. The van der Waals surface area contributed by atoms with E-state index in [9.17, 15) is 14.4 Å². The molecule has 0 aliphatic carbocycles. The van der Waals surface area contributed by atoms with Crippen LogP contribution in [0.1, 0.15) is 25.6 Å². The molecule has 1 aromatic rings. The molecule has 0 radical (unpaired) electrons. The first-order valence-corrected chi connectivity index (χ1v) is 9.26. The first-order valence-electron chi connectivity index (χ1n) is 9.26. The summed E-state index contributed by atoms with van der Waals surface area (Å²) in [6, 6.07) is 2.56. The number of hydrogen-bond acceptors (Lipinski definition) is 6. The number of furan rings is 1. The first kappa shape index (κ1) is 16.7. The van der Waals surface area contributed by atoms with Gasteiger partial charge in [0.1, 0.15) is 23.1 Å². The smallest absolute Gasteiger partial charge is 0.312 e. The zero-order valence-electron chi connectivity index (χ0n) is 15.3. The van der Waals surface area contributed by atoms with Crippen molar-refractivity contribution in [2.75, 3.05) is 7.11 Å². The highest BCUT2D eigenvalue weighted by Gasteiger charge is 2.75. The van der Waals surface area contributed by atoms with Crippen molar-refractivity contribution in [1.29, 1.82) is 0 Å². The average molecular weight is 371 g/mol. The largest absolute Gasteiger partial charge is 0.469 e. The van der Waals surface area contributed by atoms with Crippen LogP contribution in [-0.2, 0) is 23.9 Å². The zero-order chi connectivity index (χ0) is 19.1. The number of amides is 1. The summed E-state index contributed by atoms with van der Waals surface area (Å²) >= 11 is 0. The number of methoxy groups -OCH3 is 1. The number of ether oxygens (including phenoxy) is 2. The van der Waals surface area contributed by atoms with Crippen molar-refractivity contribution in [3.05, 3.63) is 36.3 Å². The molecule has 1 spiro atoms. The molecule has 5 heterocycles. The van der Waals surface area contributed by atoms with Crippen molar-refractivity contribution in [3.8, 4) is 0 Å². The van der Waals surface area contributed by atoms with Gasteiger partial charge in [-0.2, -0.15) is 0 Å². The molecule has 27 heavy (non-hydrogen) atoms. The molecule has 4 aliphatic rings. The molecule has 7 heteroatoms. The third-order valence-corrected chi connectivity index (χ3v) is 6.82. The van der Waals surface area contributed by atoms with E-state index in [4.69, 9.17) is 13.9 Å². The number of carbonyl (C=O) groups is 3. The van der Waals surface area contributed by atoms with E-state index in [0.717, 1.165) is 0 Å². The second-order valence-electron chi connectivity index (χ2n) is 7.95. The van der Waals surface area contributed by atoms with E-state index in [2.05, 4.69) is 0 Å². The summed E-state index contributed by atoms with van der Waals surface area (Å²) in [6.07, 6.45) is 4.76. The molecule has 3 saturated heterocycles. The van der Waals surface area contributed by atoms with Crippen LogP contribution in [0.2, 0.25) is 0 Å². The van der Waals surface area contributed by atoms with E-state index in [1.807, 2.05) is 26.0 Å². The molecule has 0 N–H and O–H groups in total. The number of rotatable bonds is 2. The quantitative estimate of drug-likeness (QED) is 0.578. The van der Waals surface area contributed by atoms with E-state index >= 15 is 0 Å². The number of Topliss-reactive ketones (excluding diaryl/α,β-unsaturated/α-hetero) is 1. The highest BCUT2D eigenvalue weighted by molar-refractivity contribution is 5.96. The number of ketones is 1. The summed E-state index contributed by atoms with van der Waals surface area (Å²) in [4.78, 5) is 40.8. The highest BCUT2D eigenvalue weighted by atomic mass is 16.5. The Morgan fingerprint density at radius 1 is 1.26 bits per heavy atom. The minimum atomic E-state index is -0.972. The topological polar surface area (TPSA) is 86.1 Å². The predicted octanol–water partition coefficient (Wildman–Crippen LogP) is 1.50. The van der Waals surface area contributed by atoms with Crippen LogP contribution in [0.5, 0.6) is 0 Å². The van der Waals surface area contributed by atoms with Crippen molar-refractivity contribution in [3.63, 3.8) is 0 Å². The van der Waals surface area contributed by atoms with Gasteiger partial charge in [0.25, 0.3) is 0 Å². The fourth-order valence-electron chi connectivity index (χ4n) is 5.77. The molecule has 0 unspecified atom stereocenters. The fraction of sp³-hybridized carbons (Fsp3) is 0.550. The highest BCUT2D eigenvalue weighted by Crippen LogP contribution is 2.60. The monoisotopic (exact) mass is 371 g/mol. The van der Waals surface area contributed by atoms with Gasteiger partial charge >= 0.3 is 5.97 Å². The summed E-state index contributed by atoms with van der Waals surface area (Å²) in [5.74, 6) is -2.15. The van der Waals surface area contributed by atoms with Crippen molar-refractivity contribution in [2.24, 2.45) is 23.7 Å². The van der Waals surface area contributed by atoms with Gasteiger partial charge in [-0.3, -0.25) is 14.4 Å². The minimum Gasteiger partial charge on any atom is -0.469 e. The Hall–Kier alpha value is -2.41. The van der Waals surface area contributed by atoms with Gasteiger partial charge in [0.05, 0.1) is 37.5 Å². The van der Waals surface area contributed by atoms with Crippen molar-refractivity contribution >= 4 is 17.7 Å². The fourth-order valence-corrected chi connectivity index (χ4v) is 5.77. The number of esters is 1. The Kier molecular flexibility index (Phi) is 3.30. The summed E-state index contributed by atoms with van der Waals surface area (Å²) in [5, 5.41) is 0. The van der Waals surface area contributed by atoms with Crippen LogP contribution in [0.3, 0.4) is 0 Å². The van der Waals surface area contributed by atoms with Crippen LogP contribution in [0.25, 0.3) is 0 Å². The molecule has 2 bridgehead atoms. The normalized spacial score (nSPS) is 44.6. The van der Waals surface area contributed by atoms with Crippen LogP contribution in [0, 0.1) is 23.7 Å². The van der Waals surface area contributed by atoms with Crippen LogP contribution in [0.4, 0.5) is 0 Å². The minimum absolute atomic E-state index is 0.0717. The van der Waals surface area contributed by atoms with Crippen LogP contribution in [0.15, 0.2) is 35.0 Å². The Labute approximate surface area is 156 Å². The number of fused-ring (bicyclic) bond motifs is 2. The van der Waals surface area contributed by atoms with Crippen molar-refractivity contribution < 1.29 is 28.3 Å². The Morgan fingerprint density at radius 2 is 2.04 bits per heavy atom. The molecular formula is C20H21NO6. The third-order valence-electron chi connectivity index (χ3n) is 6.82. The van der Waals surface area contributed by atoms with Crippen LogP contribution >= 0.6 is 0 Å². The Balaban J connectivity index is 1.67. The predicted molar refractivity (Wildman–Crippen MR) is 91.2 cm³/mol. The van der Waals surface area contributed by atoms with Gasteiger partial charge in [0.15, 0.2) is 0 Å². The molecule has 0 saturated carbocycles. The van der Waals surface area contributed by atoms with Gasteiger partial charge in [-0.25, -0.2) is 0 Å². The third kappa shape index (κ3) is 1.83. The molecule has 3 fully saturated rings. The van der Waals surface area contributed by atoms with E-state index in [0.29, 0.717) is 5.76 Å². The summed E-state index contributed by atoms with van der Waals surface area (Å²) in [5.41, 5.74) is -0.972. The number of hydrogen-bond donors (Lipinski definition) is 0. The second kappa shape index (κ2) is 5.32. The number of nitrogens with zero attached hydrogens (tertiary/aromatic N) is 1. The van der Waals surface area contributed by atoms with Gasteiger partial charge < -0.3 is 18.8 Å². The average Bonchev–Trinajstić information content (AvgIpc) is 3.42. The van der Waals surface area contributed by atoms with Crippen molar-refractivity contribution in [2.45, 2.75) is 37.6 Å². The molecule has 1 aromatic heterocycles. The Morgan fingerprint density at radius 3 is 2.70 bits per heavy atom. The maximum Gasteiger partial charge on any atom is 0.312 e. The molecule has 0 aromatic carbocycles. The molecule has 1 amide bonds. The summed E-state index contributed by atoms with van der Waals surface area (Å²) < 4.78 is 16.8. The molecular weight excluding hydrogens is 350 g/mol. The lowest BCUT2D eigenvalue weighted by Crippen LogP contribution is -2.58. The maximum absolute atomic E-state index is 13.6. The first-order chi connectivity index (χ1) is 12.9. The number of piperidine rings is 1. The molecule has 4 aliphatic heterocycles. The van der Waals surface area contributed by atoms with E-state index in [1.165, 1.54) is 7.11 Å². The van der Waals surface area contributed by atoms with Gasteiger partial charge in [-0.15, -0.1) is 0 Å². The van der Waals surface area contributed by atoms with Crippen LogP contribution < -0.4 is 0 Å². The summed E-state index contributed by atoms with van der Waals surface area (Å²) in [7, 11) is 1.32. The molecule has 5 rings (SSSR count). The lowest BCUT2D eigenvalue weighted by Gasteiger charge is -2.46. The zero-order valence-corrected chi connectivity index (χ0v) is 15.3. The van der Waals surface area contributed by atoms with Gasteiger partial charge in [0, 0.05) is 11.8 Å². The van der Waals surface area contributed by atoms with Gasteiger partial charge in [-0.1, -0.05) is 26.0 Å². The molecule has 142 valence electrons. The number of carbonyl (C=O) groups excluding carboxylic acids is 3. The lowest BCUT2D eigenvalue weighted by molar-refractivity contribution is -0.157.